The molecule has 0 fully saturated rings. The third-order valence-electron chi connectivity index (χ3n) is 4.87. The summed E-state index contributed by atoms with van der Waals surface area (Å²) in [5, 5.41) is 0. The summed E-state index contributed by atoms with van der Waals surface area (Å²) in [6.07, 6.45) is 1.45. The second-order valence-electron chi connectivity index (χ2n) is 6.57. The number of benzene rings is 2. The van der Waals surface area contributed by atoms with Crippen molar-refractivity contribution < 1.29 is 4.79 Å². The molecule has 0 amide bonds. The topological polar surface area (TPSA) is 78.9 Å². The smallest absolute Gasteiger partial charge is 0.309 e. The molecule has 2 aromatic carbocycles. The Morgan fingerprint density at radius 2 is 1.50 bits per heavy atom. The molecule has 0 bridgehead atoms. The van der Waals surface area contributed by atoms with E-state index in [-0.39, 0.29) is 16.9 Å². The summed E-state index contributed by atoms with van der Waals surface area (Å²) in [5.41, 5.74) is 0.759. The van der Waals surface area contributed by atoms with Gasteiger partial charge in [-0.15, -0.1) is 0 Å². The Bertz CT molecular complexity index is 1280. The van der Waals surface area contributed by atoms with Crippen LogP contribution in [0, 0.1) is 0 Å². The number of aryl methyl sites for hydroxylation is 1. The second-order valence-corrected chi connectivity index (χ2v) is 6.57. The molecule has 0 N–H and O–H groups in total. The lowest BCUT2D eigenvalue weighted by Gasteiger charge is -2.19. The quantitative estimate of drug-likeness (QED) is 0.511. The molecule has 0 unspecified atom stereocenters. The molecule has 2 heterocycles. The Balaban J connectivity index is 2.03. The van der Waals surface area contributed by atoms with E-state index in [0.717, 1.165) is 10.1 Å². The van der Waals surface area contributed by atoms with Crippen LogP contribution in [-0.2, 0) is 14.1 Å². The standard InChI is InChI=1S/C21H18N4O3/c1-23-19-17(20(27)24(2)21(23)28)25(13-22-19)16(14-9-5-3-6-10-14)18(26)15-11-7-4-8-12-15/h3-13,16H,1-2H3/t16-/m1/s1. The number of ketones is 1. The molecule has 2 aromatic heterocycles. The van der Waals surface area contributed by atoms with Gasteiger partial charge in [-0.3, -0.25) is 18.7 Å². The maximum absolute atomic E-state index is 13.4. The highest BCUT2D eigenvalue weighted by atomic mass is 16.2. The molecule has 140 valence electrons. The van der Waals surface area contributed by atoms with Crippen LogP contribution in [0.4, 0.5) is 0 Å². The third-order valence-corrected chi connectivity index (χ3v) is 4.87. The molecule has 0 saturated carbocycles. The van der Waals surface area contributed by atoms with E-state index in [1.54, 1.807) is 35.9 Å². The SMILES string of the molecule is Cn1c(=O)c2c(ncn2[C@@H](C(=O)c2ccccc2)c2ccccc2)n(C)c1=O. The number of carbonyl (C=O) groups is 1. The molecular weight excluding hydrogens is 356 g/mol. The van der Waals surface area contributed by atoms with Crippen molar-refractivity contribution in [3.8, 4) is 0 Å². The van der Waals surface area contributed by atoms with Crippen LogP contribution in [0.15, 0.2) is 76.6 Å². The van der Waals surface area contributed by atoms with Gasteiger partial charge < -0.3 is 4.57 Å². The van der Waals surface area contributed by atoms with E-state index < -0.39 is 17.3 Å². The Hall–Kier alpha value is -3.74. The summed E-state index contributed by atoms with van der Waals surface area (Å²) in [7, 11) is 2.97. The van der Waals surface area contributed by atoms with Crippen molar-refractivity contribution in [1.82, 2.24) is 18.7 Å². The van der Waals surface area contributed by atoms with Crippen molar-refractivity contribution in [1.29, 1.82) is 0 Å². The number of imidazole rings is 1. The van der Waals surface area contributed by atoms with Gasteiger partial charge in [0.25, 0.3) is 5.56 Å². The summed E-state index contributed by atoms with van der Waals surface area (Å²) < 4.78 is 3.89. The number of aromatic nitrogens is 4. The zero-order valence-corrected chi connectivity index (χ0v) is 15.4. The maximum atomic E-state index is 13.4. The third kappa shape index (κ3) is 2.68. The first-order valence-electron chi connectivity index (χ1n) is 8.77. The number of carbonyl (C=O) groups excluding carboxylic acids is 1. The van der Waals surface area contributed by atoms with Crippen LogP contribution >= 0.6 is 0 Å². The fourth-order valence-electron chi connectivity index (χ4n) is 3.39. The van der Waals surface area contributed by atoms with E-state index in [4.69, 9.17) is 0 Å². The number of nitrogens with zero attached hydrogens (tertiary/aromatic N) is 4. The minimum absolute atomic E-state index is 0.165. The first-order valence-corrected chi connectivity index (χ1v) is 8.77. The van der Waals surface area contributed by atoms with Gasteiger partial charge in [0.05, 0.1) is 6.33 Å². The fraction of sp³-hybridized carbons (Fsp3) is 0.143. The fourth-order valence-corrected chi connectivity index (χ4v) is 3.39. The van der Waals surface area contributed by atoms with E-state index in [9.17, 15) is 14.4 Å². The van der Waals surface area contributed by atoms with E-state index >= 15 is 0 Å². The lowest BCUT2D eigenvalue weighted by Crippen LogP contribution is -2.38. The molecular formula is C21H18N4O3. The minimum atomic E-state index is -0.779. The van der Waals surface area contributed by atoms with Crippen molar-refractivity contribution >= 4 is 16.9 Å². The number of fused-ring (bicyclic) bond motifs is 1. The van der Waals surface area contributed by atoms with Crippen LogP contribution < -0.4 is 11.2 Å². The van der Waals surface area contributed by atoms with Gasteiger partial charge in [-0.25, -0.2) is 9.78 Å². The van der Waals surface area contributed by atoms with Gasteiger partial charge >= 0.3 is 5.69 Å². The van der Waals surface area contributed by atoms with Crippen LogP contribution in [0.1, 0.15) is 22.0 Å². The summed E-state index contributed by atoms with van der Waals surface area (Å²) in [4.78, 5) is 42.7. The number of rotatable bonds is 4. The molecule has 0 saturated heterocycles. The number of hydrogen-bond acceptors (Lipinski definition) is 4. The molecule has 7 nitrogen and oxygen atoms in total. The molecule has 7 heteroatoms. The van der Waals surface area contributed by atoms with Crippen LogP contribution in [0.5, 0.6) is 0 Å². The molecule has 28 heavy (non-hydrogen) atoms. The first kappa shape index (κ1) is 17.7. The highest BCUT2D eigenvalue weighted by molar-refractivity contribution is 6.01. The van der Waals surface area contributed by atoms with Gasteiger partial charge in [0.1, 0.15) is 6.04 Å². The van der Waals surface area contributed by atoms with E-state index in [1.165, 1.54) is 17.9 Å². The normalized spacial score (nSPS) is 12.2. The molecule has 0 aliphatic heterocycles. The minimum Gasteiger partial charge on any atom is -0.309 e. The van der Waals surface area contributed by atoms with Crippen molar-refractivity contribution in [2.75, 3.05) is 0 Å². The van der Waals surface area contributed by atoms with Gasteiger partial charge in [-0.05, 0) is 5.56 Å². The predicted octanol–water partition coefficient (Wildman–Crippen LogP) is 1.91. The van der Waals surface area contributed by atoms with Crippen molar-refractivity contribution in [3.05, 3.63) is 99.0 Å². The van der Waals surface area contributed by atoms with E-state index in [0.29, 0.717) is 5.56 Å². The maximum Gasteiger partial charge on any atom is 0.332 e. The Kier molecular flexibility index (Phi) is 4.27. The Morgan fingerprint density at radius 3 is 2.14 bits per heavy atom. The number of Topliss-reactive ketones (excluding diaryl/α,β-unsaturated/α-hetero) is 1. The van der Waals surface area contributed by atoms with E-state index in [2.05, 4.69) is 4.98 Å². The van der Waals surface area contributed by atoms with Gasteiger partial charge in [0, 0.05) is 19.7 Å². The average Bonchev–Trinajstić information content (AvgIpc) is 3.17. The molecule has 1 atom stereocenters. The molecule has 0 aliphatic carbocycles. The molecule has 4 rings (SSSR count). The Morgan fingerprint density at radius 1 is 0.893 bits per heavy atom. The first-order chi connectivity index (χ1) is 13.5. The van der Waals surface area contributed by atoms with Gasteiger partial charge in [0.15, 0.2) is 16.9 Å². The molecule has 0 aliphatic rings. The van der Waals surface area contributed by atoms with E-state index in [1.807, 2.05) is 36.4 Å². The predicted molar refractivity (Wildman–Crippen MR) is 106 cm³/mol. The van der Waals surface area contributed by atoms with Crippen molar-refractivity contribution in [2.24, 2.45) is 14.1 Å². The van der Waals surface area contributed by atoms with Gasteiger partial charge in [0.2, 0.25) is 0 Å². The zero-order chi connectivity index (χ0) is 19.8. The zero-order valence-electron chi connectivity index (χ0n) is 15.4. The largest absolute Gasteiger partial charge is 0.332 e. The molecule has 0 spiro atoms. The summed E-state index contributed by atoms with van der Waals surface area (Å²) in [6, 6.07) is 17.4. The van der Waals surface area contributed by atoms with Crippen LogP contribution in [-0.4, -0.2) is 24.5 Å². The highest BCUT2D eigenvalue weighted by Gasteiger charge is 2.27. The summed E-state index contributed by atoms with van der Waals surface area (Å²) >= 11 is 0. The lowest BCUT2D eigenvalue weighted by molar-refractivity contribution is 0.0947. The molecule has 0 radical (unpaired) electrons. The monoisotopic (exact) mass is 374 g/mol. The average molecular weight is 374 g/mol. The van der Waals surface area contributed by atoms with Crippen LogP contribution in [0.3, 0.4) is 0 Å². The van der Waals surface area contributed by atoms with Crippen LogP contribution in [0.25, 0.3) is 11.2 Å². The number of hydrogen-bond donors (Lipinski definition) is 0. The summed E-state index contributed by atoms with van der Waals surface area (Å²) in [5.74, 6) is -0.165. The van der Waals surface area contributed by atoms with Gasteiger partial charge in [-0.2, -0.15) is 0 Å². The summed E-state index contributed by atoms with van der Waals surface area (Å²) in [6.45, 7) is 0. The second kappa shape index (κ2) is 6.77. The Labute approximate surface area is 160 Å². The molecule has 4 aromatic rings. The van der Waals surface area contributed by atoms with Crippen LogP contribution in [0.2, 0.25) is 0 Å². The van der Waals surface area contributed by atoms with Crippen molar-refractivity contribution in [3.63, 3.8) is 0 Å². The highest BCUT2D eigenvalue weighted by Crippen LogP contribution is 2.25. The van der Waals surface area contributed by atoms with Gasteiger partial charge in [-0.1, -0.05) is 60.7 Å². The lowest BCUT2D eigenvalue weighted by atomic mass is 9.97. The van der Waals surface area contributed by atoms with Crippen molar-refractivity contribution in [2.45, 2.75) is 6.04 Å².